The minimum Gasteiger partial charge on any atom is -0.397 e. The van der Waals surface area contributed by atoms with Crippen LogP contribution in [0.1, 0.15) is 41.9 Å². The Bertz CT molecular complexity index is 895. The minimum atomic E-state index is -0.106. The van der Waals surface area contributed by atoms with Crippen molar-refractivity contribution in [1.29, 1.82) is 0 Å². The van der Waals surface area contributed by atoms with Crippen molar-refractivity contribution in [2.75, 3.05) is 18.1 Å². The zero-order valence-corrected chi connectivity index (χ0v) is 17.5. The fourth-order valence-corrected chi connectivity index (χ4v) is 5.17. The van der Waals surface area contributed by atoms with Gasteiger partial charge in [-0.15, -0.1) is 0 Å². The molecule has 4 atom stereocenters. The van der Waals surface area contributed by atoms with Crippen molar-refractivity contribution in [3.63, 3.8) is 0 Å². The van der Waals surface area contributed by atoms with Gasteiger partial charge in [-0.25, -0.2) is 0 Å². The standard InChI is InChI=1S/C23H28ClN3O/c1-13-10-19(25)20(11-14(13)2)26-23(28)22-18(15-4-6-16(24)7-5-15)12-17-8-9-21(22)27(17)3/h4-7,10-11,17-18,21-22H,8-9,12,25H2,1-3H3,(H,26,28)/t17-,18?,21?,22?/m1/s1. The summed E-state index contributed by atoms with van der Waals surface area (Å²) < 4.78 is 0. The molecule has 1 amide bonds. The number of piperidine rings is 1. The van der Waals surface area contributed by atoms with Crippen molar-refractivity contribution in [1.82, 2.24) is 4.90 Å². The number of fused-ring (bicyclic) bond motifs is 2. The number of benzene rings is 2. The third-order valence-electron chi connectivity index (χ3n) is 6.79. The lowest BCUT2D eigenvalue weighted by atomic mass is 9.75. The predicted molar refractivity (Wildman–Crippen MR) is 116 cm³/mol. The van der Waals surface area contributed by atoms with Crippen molar-refractivity contribution in [3.8, 4) is 0 Å². The molecule has 2 heterocycles. The molecular weight excluding hydrogens is 370 g/mol. The summed E-state index contributed by atoms with van der Waals surface area (Å²) in [5, 5.41) is 3.87. The van der Waals surface area contributed by atoms with E-state index in [4.69, 9.17) is 17.3 Å². The van der Waals surface area contributed by atoms with Gasteiger partial charge in [-0.2, -0.15) is 0 Å². The molecule has 3 N–H and O–H groups in total. The van der Waals surface area contributed by atoms with Gasteiger partial charge in [0.15, 0.2) is 0 Å². The Balaban J connectivity index is 1.66. The van der Waals surface area contributed by atoms with Gasteiger partial charge < -0.3 is 11.1 Å². The number of carbonyl (C=O) groups excluding carboxylic acids is 1. The fourth-order valence-electron chi connectivity index (χ4n) is 5.04. The number of hydrogen-bond donors (Lipinski definition) is 2. The summed E-state index contributed by atoms with van der Waals surface area (Å²) in [6, 6.07) is 12.7. The SMILES string of the molecule is Cc1cc(N)c(NC(=O)C2C(c3ccc(Cl)cc3)C[C@H]3CCC2N3C)cc1C. The Morgan fingerprint density at radius 3 is 2.54 bits per heavy atom. The number of aryl methyl sites for hydroxylation is 2. The Morgan fingerprint density at radius 1 is 1.14 bits per heavy atom. The molecule has 0 aliphatic carbocycles. The molecule has 2 aromatic carbocycles. The van der Waals surface area contributed by atoms with Crippen molar-refractivity contribution in [2.24, 2.45) is 5.92 Å². The van der Waals surface area contributed by atoms with E-state index in [0.717, 1.165) is 35.4 Å². The molecule has 2 aliphatic heterocycles. The van der Waals surface area contributed by atoms with E-state index in [9.17, 15) is 4.79 Å². The number of halogens is 1. The number of nitrogens with one attached hydrogen (secondary N) is 1. The number of amides is 1. The molecule has 2 fully saturated rings. The van der Waals surface area contributed by atoms with Crippen molar-refractivity contribution < 1.29 is 4.79 Å². The molecule has 2 aromatic rings. The lowest BCUT2D eigenvalue weighted by molar-refractivity contribution is -0.124. The van der Waals surface area contributed by atoms with E-state index >= 15 is 0 Å². The van der Waals surface area contributed by atoms with Crippen molar-refractivity contribution >= 4 is 28.9 Å². The Labute approximate surface area is 172 Å². The second kappa shape index (κ2) is 7.41. The highest BCUT2D eigenvalue weighted by atomic mass is 35.5. The van der Waals surface area contributed by atoms with E-state index in [1.807, 2.05) is 38.1 Å². The molecule has 0 spiro atoms. The van der Waals surface area contributed by atoms with E-state index in [2.05, 4.69) is 29.4 Å². The number of nitrogens with zero attached hydrogens (tertiary/aromatic N) is 1. The van der Waals surface area contributed by atoms with Crippen molar-refractivity contribution in [2.45, 2.75) is 51.1 Å². The minimum absolute atomic E-state index is 0.0621. The fraction of sp³-hybridized carbons (Fsp3) is 0.435. The number of nitrogens with two attached hydrogens (primary N) is 1. The largest absolute Gasteiger partial charge is 0.397 e. The quantitative estimate of drug-likeness (QED) is 0.735. The second-order valence-corrected chi connectivity index (χ2v) is 8.83. The highest BCUT2D eigenvalue weighted by Gasteiger charge is 2.49. The van der Waals surface area contributed by atoms with Crippen LogP contribution in [-0.2, 0) is 4.79 Å². The van der Waals surface area contributed by atoms with E-state index in [-0.39, 0.29) is 23.8 Å². The van der Waals surface area contributed by atoms with Crippen LogP contribution in [0.5, 0.6) is 0 Å². The van der Waals surface area contributed by atoms with Gasteiger partial charge in [0, 0.05) is 17.1 Å². The van der Waals surface area contributed by atoms with Crippen LogP contribution in [0.2, 0.25) is 5.02 Å². The van der Waals surface area contributed by atoms with Crippen LogP contribution in [-0.4, -0.2) is 29.9 Å². The summed E-state index contributed by atoms with van der Waals surface area (Å²) in [7, 11) is 2.16. The lowest BCUT2D eigenvalue weighted by Gasteiger charge is -2.42. The normalized spacial score (nSPS) is 27.0. The maximum absolute atomic E-state index is 13.5. The zero-order chi connectivity index (χ0) is 20.0. The van der Waals surface area contributed by atoms with Crippen LogP contribution in [0, 0.1) is 19.8 Å². The molecule has 5 heteroatoms. The van der Waals surface area contributed by atoms with Gasteiger partial charge in [0.2, 0.25) is 5.91 Å². The first kappa shape index (κ1) is 19.3. The van der Waals surface area contributed by atoms with Gasteiger partial charge >= 0.3 is 0 Å². The average Bonchev–Trinajstić information content (AvgIpc) is 2.89. The maximum atomic E-state index is 13.5. The third-order valence-corrected chi connectivity index (χ3v) is 7.05. The number of rotatable bonds is 3. The van der Waals surface area contributed by atoms with Gasteiger partial charge in [0.25, 0.3) is 0 Å². The number of hydrogen-bond acceptors (Lipinski definition) is 3. The predicted octanol–water partition coefficient (Wildman–Crippen LogP) is 4.74. The smallest absolute Gasteiger partial charge is 0.229 e. The van der Waals surface area contributed by atoms with Gasteiger partial charge in [0.1, 0.15) is 0 Å². The molecule has 2 saturated heterocycles. The Hall–Kier alpha value is -2.04. The molecule has 0 saturated carbocycles. The third kappa shape index (κ3) is 3.40. The van der Waals surface area contributed by atoms with Crippen LogP contribution >= 0.6 is 11.6 Å². The van der Waals surface area contributed by atoms with Gasteiger partial charge in [-0.05, 0) is 87.0 Å². The summed E-state index contributed by atoms with van der Waals surface area (Å²) in [5.41, 5.74) is 11.0. The first-order valence-corrected chi connectivity index (χ1v) is 10.4. The molecule has 2 bridgehead atoms. The lowest BCUT2D eigenvalue weighted by Crippen LogP contribution is -2.50. The highest BCUT2D eigenvalue weighted by Crippen LogP contribution is 2.46. The second-order valence-electron chi connectivity index (χ2n) is 8.40. The molecule has 4 nitrogen and oxygen atoms in total. The van der Waals surface area contributed by atoms with E-state index < -0.39 is 0 Å². The molecular formula is C23H28ClN3O. The monoisotopic (exact) mass is 397 g/mol. The summed E-state index contributed by atoms with van der Waals surface area (Å²) in [6.07, 6.45) is 3.21. The molecule has 148 valence electrons. The van der Waals surface area contributed by atoms with Gasteiger partial charge in [-0.1, -0.05) is 23.7 Å². The zero-order valence-electron chi connectivity index (χ0n) is 16.7. The number of carbonyl (C=O) groups is 1. The topological polar surface area (TPSA) is 58.4 Å². The molecule has 0 radical (unpaired) electrons. The summed E-state index contributed by atoms with van der Waals surface area (Å²) in [5.74, 6) is 0.150. The number of anilines is 2. The van der Waals surface area contributed by atoms with Crippen LogP contribution in [0.25, 0.3) is 0 Å². The van der Waals surface area contributed by atoms with Crippen LogP contribution in [0.4, 0.5) is 11.4 Å². The van der Waals surface area contributed by atoms with Crippen LogP contribution in [0.3, 0.4) is 0 Å². The summed E-state index contributed by atoms with van der Waals surface area (Å²) >= 11 is 6.09. The average molecular weight is 398 g/mol. The summed E-state index contributed by atoms with van der Waals surface area (Å²) in [6.45, 7) is 4.07. The highest BCUT2D eigenvalue weighted by molar-refractivity contribution is 6.30. The maximum Gasteiger partial charge on any atom is 0.229 e. The summed E-state index contributed by atoms with van der Waals surface area (Å²) in [4.78, 5) is 15.9. The van der Waals surface area contributed by atoms with Crippen molar-refractivity contribution in [3.05, 3.63) is 58.1 Å². The van der Waals surface area contributed by atoms with E-state index in [1.54, 1.807) is 0 Å². The molecule has 4 rings (SSSR count). The molecule has 3 unspecified atom stereocenters. The van der Waals surface area contributed by atoms with Gasteiger partial charge in [-0.3, -0.25) is 9.69 Å². The first-order valence-electron chi connectivity index (χ1n) is 10.00. The number of nitrogen functional groups attached to an aromatic ring is 1. The van der Waals surface area contributed by atoms with Crippen LogP contribution < -0.4 is 11.1 Å². The molecule has 28 heavy (non-hydrogen) atoms. The van der Waals surface area contributed by atoms with Gasteiger partial charge in [0.05, 0.1) is 17.3 Å². The molecule has 0 aromatic heterocycles. The Kier molecular flexibility index (Phi) is 5.11. The van der Waals surface area contributed by atoms with Crippen LogP contribution in [0.15, 0.2) is 36.4 Å². The Morgan fingerprint density at radius 2 is 1.82 bits per heavy atom. The first-order chi connectivity index (χ1) is 13.3. The van der Waals surface area contributed by atoms with E-state index in [0.29, 0.717) is 17.4 Å². The molecule has 2 aliphatic rings. The van der Waals surface area contributed by atoms with E-state index in [1.165, 1.54) is 5.56 Å².